The fourth-order valence-electron chi connectivity index (χ4n) is 4.34. The first-order valence-electron chi connectivity index (χ1n) is 17.9. The summed E-state index contributed by atoms with van der Waals surface area (Å²) >= 11 is 14.5. The molecule has 0 saturated heterocycles. The van der Waals surface area contributed by atoms with Crippen LogP contribution in [0.25, 0.3) is 0 Å². The molecule has 2 unspecified atom stereocenters. The molecular weight excluding hydrogens is 1020 g/mol. The molecule has 20 heteroatoms. The van der Waals surface area contributed by atoms with Crippen LogP contribution in [0.2, 0.25) is 0 Å². The van der Waals surface area contributed by atoms with E-state index in [0.29, 0.717) is 28.5 Å². The monoisotopic (exact) mass is 1090 g/mol. The number of carboxylic acids is 1. The highest BCUT2D eigenvalue weighted by Crippen LogP contribution is 2.35. The van der Waals surface area contributed by atoms with Crippen LogP contribution in [0, 0.1) is 0 Å². The van der Waals surface area contributed by atoms with Gasteiger partial charge in [0, 0.05) is 43.9 Å². The van der Waals surface area contributed by atoms with Crippen LogP contribution in [0.5, 0.6) is 0 Å². The Morgan fingerprint density at radius 2 is 1.13 bits per heavy atom. The number of carbonyl (C=O) groups is 3. The Bertz CT molecular complexity index is 2100. The lowest BCUT2D eigenvalue weighted by Crippen LogP contribution is -2.47. The van der Waals surface area contributed by atoms with Gasteiger partial charge in [0.15, 0.2) is 0 Å². The molecule has 4 aromatic rings. The smallest absolute Gasteiger partial charge is 0.408 e. The molecule has 2 heterocycles. The van der Waals surface area contributed by atoms with Gasteiger partial charge in [-0.15, -0.1) is 22.7 Å². The third kappa shape index (κ3) is 22.5. The van der Waals surface area contributed by atoms with Crippen LogP contribution in [0.1, 0.15) is 103 Å². The fourth-order valence-corrected chi connectivity index (χ4v) is 9.49. The van der Waals surface area contributed by atoms with Crippen molar-refractivity contribution in [3.8, 4) is 0 Å². The van der Waals surface area contributed by atoms with Crippen molar-refractivity contribution in [2.24, 2.45) is 0 Å². The standard InChI is InChI=1S/C18H24BrN3O2S2.C12H18BrNO3S2.C6H8N2.C4H5ClO2.2CH4.2H2/c1-17(2,3)26(24)22-18(4,15-9-12(19)11-25-15)10-16(23)21-14-8-6-5-7-13(14)20;1-11(2,3)19(17)14-12(4,6-10(15)16)9-5-8(13)7-18-9;7-5-3-1-2-4-6(5)8;1-3(2)7-4(5)6;;;;/h5-9,11,22H,10,20H2,1-4H3,(H,21,23);5,7,14H,6H2,1-4H3,(H,15,16);1-4H,7-8H2;1H2,2H3;2*1H4;2*1H/t18-,26?;12-,19?;;;;;;/m00....../s1. The summed E-state index contributed by atoms with van der Waals surface area (Å²) in [6.07, 6.45) is -0.00210. The predicted molar refractivity (Wildman–Crippen MR) is 277 cm³/mol. The normalized spacial score (nSPS) is 13.6. The summed E-state index contributed by atoms with van der Waals surface area (Å²) in [6, 6.07) is 18.2. The SMILES string of the molecule is C.C.C=C(C)OC(=O)Cl.CC(C)(C)S(=O)N[C@@](C)(CC(=O)Nc1ccccc1N)c1cc(Br)cs1.CC(C)(C)S(=O)N[C@@](C)(CC(=O)O)c1cc(Br)cs1.Nc1ccccc1N.[HH].[HH]. The highest BCUT2D eigenvalue weighted by Gasteiger charge is 2.37. The molecule has 1 amide bonds. The van der Waals surface area contributed by atoms with Crippen LogP contribution in [0.15, 0.2) is 92.7 Å². The number of nitrogen functional groups attached to an aromatic ring is 3. The number of carbonyl (C=O) groups excluding carboxylic acids is 2. The highest BCUT2D eigenvalue weighted by molar-refractivity contribution is 9.10. The molecule has 10 N–H and O–H groups in total. The van der Waals surface area contributed by atoms with Crippen LogP contribution in [0.4, 0.5) is 27.5 Å². The van der Waals surface area contributed by atoms with E-state index in [-0.39, 0.29) is 36.5 Å². The van der Waals surface area contributed by atoms with E-state index in [1.807, 2.05) is 95.6 Å². The maximum atomic E-state index is 12.7. The average molecular weight is 1090 g/mol. The van der Waals surface area contributed by atoms with Gasteiger partial charge < -0.3 is 32.4 Å². The quantitative estimate of drug-likeness (QED) is 0.0403. The number of benzene rings is 2. The van der Waals surface area contributed by atoms with Crippen molar-refractivity contribution in [1.29, 1.82) is 0 Å². The maximum Gasteiger partial charge on any atom is 0.408 e. The van der Waals surface area contributed by atoms with E-state index in [1.165, 1.54) is 22.7 Å². The molecule has 4 rings (SSSR count). The lowest BCUT2D eigenvalue weighted by molar-refractivity contribution is -0.138. The van der Waals surface area contributed by atoms with Crippen LogP contribution in [-0.4, -0.2) is 40.3 Å². The minimum atomic E-state index is -1.34. The average Bonchev–Trinajstić information content (AvgIpc) is 3.75. The number of aliphatic carboxylic acids is 1. The van der Waals surface area contributed by atoms with Crippen LogP contribution in [-0.2, 0) is 47.4 Å². The summed E-state index contributed by atoms with van der Waals surface area (Å²) in [6.45, 7) is 19.7. The Morgan fingerprint density at radius 1 is 0.758 bits per heavy atom. The van der Waals surface area contributed by atoms with Gasteiger partial charge in [0.25, 0.3) is 0 Å². The van der Waals surface area contributed by atoms with Crippen molar-refractivity contribution in [3.05, 3.63) is 102 Å². The van der Waals surface area contributed by atoms with E-state index in [9.17, 15) is 22.8 Å². The Morgan fingerprint density at radius 3 is 1.40 bits per heavy atom. The first-order chi connectivity index (χ1) is 27.5. The van der Waals surface area contributed by atoms with Crippen molar-refractivity contribution in [1.82, 2.24) is 9.44 Å². The Kier molecular flexibility index (Phi) is 26.8. The number of para-hydroxylation sites is 4. The maximum absolute atomic E-state index is 12.7. The molecule has 2 aromatic carbocycles. The first kappa shape index (κ1) is 60.9. The second-order valence-electron chi connectivity index (χ2n) is 15.4. The van der Waals surface area contributed by atoms with Crippen LogP contribution in [0.3, 0.4) is 0 Å². The molecule has 0 radical (unpaired) electrons. The van der Waals surface area contributed by atoms with E-state index in [2.05, 4.69) is 57.9 Å². The Balaban J connectivity index is -0.000000414. The molecule has 0 saturated carbocycles. The molecule has 62 heavy (non-hydrogen) atoms. The molecule has 0 spiro atoms. The van der Waals surface area contributed by atoms with Crippen LogP contribution >= 0.6 is 66.1 Å². The lowest BCUT2D eigenvalue weighted by Gasteiger charge is -2.32. The van der Waals surface area contributed by atoms with Crippen molar-refractivity contribution >= 4 is 128 Å². The molecule has 0 fully saturated rings. The Hall–Kier alpha value is -3.14. The highest BCUT2D eigenvalue weighted by atomic mass is 79.9. The summed E-state index contributed by atoms with van der Waals surface area (Å²) in [5, 5.41) is 15.8. The van der Waals surface area contributed by atoms with Gasteiger partial charge >= 0.3 is 11.4 Å². The summed E-state index contributed by atoms with van der Waals surface area (Å²) in [5.41, 5.74) is 16.6. The molecular formula is C42H67Br2ClN6O7S4. The molecule has 4 atom stereocenters. The van der Waals surface area contributed by atoms with Gasteiger partial charge in [-0.05, 0) is 131 Å². The van der Waals surface area contributed by atoms with E-state index < -0.39 is 53.9 Å². The minimum absolute atomic E-state index is 0. The number of thiophene rings is 2. The van der Waals surface area contributed by atoms with Gasteiger partial charge in [-0.2, -0.15) is 0 Å². The molecule has 2 aromatic heterocycles. The number of nitrogens with one attached hydrogen (secondary N) is 3. The minimum Gasteiger partial charge on any atom is -0.481 e. The number of carboxylic acid groups (broad SMARTS) is 1. The molecule has 13 nitrogen and oxygen atoms in total. The zero-order valence-electron chi connectivity index (χ0n) is 34.9. The predicted octanol–water partition coefficient (Wildman–Crippen LogP) is 12.2. The zero-order chi connectivity index (χ0) is 46.2. The van der Waals surface area contributed by atoms with Crippen molar-refractivity contribution < 1.29 is 35.5 Å². The fraction of sp³-hybridized carbons (Fsp3) is 0.405. The largest absolute Gasteiger partial charge is 0.481 e. The van der Waals surface area contributed by atoms with E-state index in [1.54, 1.807) is 38.1 Å². The molecule has 352 valence electrons. The van der Waals surface area contributed by atoms with Gasteiger partial charge in [-0.25, -0.2) is 22.7 Å². The van der Waals surface area contributed by atoms with Gasteiger partial charge in [0.2, 0.25) is 5.91 Å². The first-order valence-corrected chi connectivity index (χ1v) is 23.9. The zero-order valence-corrected chi connectivity index (χ0v) is 42.1. The molecule has 0 bridgehead atoms. The summed E-state index contributed by atoms with van der Waals surface area (Å²) in [5.74, 6) is -0.821. The van der Waals surface area contributed by atoms with Gasteiger partial charge in [0.1, 0.15) is 0 Å². The second kappa shape index (κ2) is 27.2. The summed E-state index contributed by atoms with van der Waals surface area (Å²) in [7, 11) is -2.66. The number of hydrogen-bond donors (Lipinski definition) is 7. The van der Waals surface area contributed by atoms with E-state index >= 15 is 0 Å². The van der Waals surface area contributed by atoms with E-state index in [0.717, 1.165) is 18.7 Å². The van der Waals surface area contributed by atoms with Crippen molar-refractivity contribution in [2.75, 3.05) is 22.5 Å². The number of ether oxygens (including phenoxy) is 1. The number of hydrogen-bond acceptors (Lipinski definition) is 11. The second-order valence-corrected chi connectivity index (χ2v) is 23.3. The third-order valence-electron chi connectivity index (χ3n) is 7.48. The van der Waals surface area contributed by atoms with Gasteiger partial charge in [-0.1, -0.05) is 45.7 Å². The van der Waals surface area contributed by atoms with Crippen LogP contribution < -0.4 is 32.0 Å². The van der Waals surface area contributed by atoms with E-state index in [4.69, 9.17) is 33.9 Å². The van der Waals surface area contributed by atoms with Gasteiger partial charge in [0.05, 0.1) is 83.9 Å². The number of nitrogens with two attached hydrogens (primary N) is 3. The van der Waals surface area contributed by atoms with Crippen molar-refractivity contribution in [3.63, 3.8) is 0 Å². The summed E-state index contributed by atoms with van der Waals surface area (Å²) in [4.78, 5) is 35.3. The number of anilines is 4. The lowest BCUT2D eigenvalue weighted by atomic mass is 9.96. The number of halogens is 3. The Labute approximate surface area is 405 Å². The molecule has 0 aliphatic heterocycles. The number of rotatable bonds is 12. The summed E-state index contributed by atoms with van der Waals surface area (Å²) < 4.78 is 36.2. The van der Waals surface area contributed by atoms with Gasteiger partial charge in [-0.3, -0.25) is 9.59 Å². The third-order valence-corrected chi connectivity index (χ3v) is 15.0. The molecule has 0 aliphatic rings. The molecule has 0 aliphatic carbocycles. The van der Waals surface area contributed by atoms with Crippen molar-refractivity contribution in [2.45, 2.75) is 111 Å². The number of amides is 1. The number of allylic oxidation sites excluding steroid dienone is 1. The topological polar surface area (TPSA) is 229 Å².